The Morgan fingerprint density at radius 3 is 2.36 bits per heavy atom. The molecule has 2 unspecified atom stereocenters. The number of hydrogen-bond donors (Lipinski definition) is 0. The Hall–Kier alpha value is -1.51. The first-order chi connectivity index (χ1) is 12.2. The summed E-state index contributed by atoms with van der Waals surface area (Å²) in [5.41, 5.74) is 1.08. The van der Waals surface area contributed by atoms with Crippen molar-refractivity contribution in [2.45, 2.75) is 84.2 Å². The van der Waals surface area contributed by atoms with Crippen LogP contribution in [0.25, 0.3) is 0 Å². The molecule has 1 aromatic rings. The van der Waals surface area contributed by atoms with Gasteiger partial charge in [0.15, 0.2) is 0 Å². The average molecular weight is 347 g/mol. The largest absolute Gasteiger partial charge is 0.494 e. The zero-order valence-corrected chi connectivity index (χ0v) is 16.0. The normalized spacial score (nSPS) is 19.8. The van der Waals surface area contributed by atoms with Crippen LogP contribution in [0.5, 0.6) is 5.75 Å². The van der Waals surface area contributed by atoms with Gasteiger partial charge in [0.2, 0.25) is 0 Å². The molecule has 0 N–H and O–H groups in total. The summed E-state index contributed by atoms with van der Waals surface area (Å²) in [6.45, 7) is 5.18. The van der Waals surface area contributed by atoms with E-state index < -0.39 is 0 Å². The van der Waals surface area contributed by atoms with Gasteiger partial charge in [-0.05, 0) is 30.5 Å². The van der Waals surface area contributed by atoms with E-state index in [-0.39, 0.29) is 18.0 Å². The Bertz CT molecular complexity index is 494. The van der Waals surface area contributed by atoms with E-state index in [0.29, 0.717) is 0 Å². The van der Waals surface area contributed by atoms with E-state index in [1.54, 1.807) is 0 Å². The Morgan fingerprint density at radius 1 is 0.960 bits per heavy atom. The van der Waals surface area contributed by atoms with Crippen LogP contribution in [0.15, 0.2) is 24.3 Å². The van der Waals surface area contributed by atoms with Crippen LogP contribution in [0, 0.1) is 5.92 Å². The number of unbranched alkanes of at least 4 members (excludes halogenated alkanes) is 6. The SMILES string of the molecule is CCCCCCCCOc1ccc(C2CC(CCCC)C(=O)O2)cc1. The van der Waals surface area contributed by atoms with E-state index in [1.807, 2.05) is 24.3 Å². The summed E-state index contributed by atoms with van der Waals surface area (Å²) in [5.74, 6) is 0.958. The van der Waals surface area contributed by atoms with E-state index >= 15 is 0 Å². The average Bonchev–Trinajstić information content (AvgIpc) is 3.00. The zero-order chi connectivity index (χ0) is 17.9. The molecule has 0 bridgehead atoms. The lowest BCUT2D eigenvalue weighted by molar-refractivity contribution is -0.144. The molecule has 0 aromatic heterocycles. The molecule has 25 heavy (non-hydrogen) atoms. The molecule has 2 rings (SSSR count). The van der Waals surface area contributed by atoms with Crippen molar-refractivity contribution in [1.29, 1.82) is 0 Å². The Morgan fingerprint density at radius 2 is 1.64 bits per heavy atom. The van der Waals surface area contributed by atoms with Gasteiger partial charge >= 0.3 is 5.97 Å². The Labute approximate surface area is 153 Å². The molecule has 0 saturated carbocycles. The van der Waals surface area contributed by atoms with E-state index in [1.165, 1.54) is 32.1 Å². The minimum Gasteiger partial charge on any atom is -0.494 e. The number of esters is 1. The summed E-state index contributed by atoms with van der Waals surface area (Å²) in [7, 11) is 0. The van der Waals surface area contributed by atoms with Crippen molar-refractivity contribution in [3.63, 3.8) is 0 Å². The summed E-state index contributed by atoms with van der Waals surface area (Å²) in [6, 6.07) is 8.08. The molecule has 1 saturated heterocycles. The van der Waals surface area contributed by atoms with Gasteiger partial charge in [0.05, 0.1) is 12.5 Å². The molecule has 1 aliphatic heterocycles. The quantitative estimate of drug-likeness (QED) is 0.333. The van der Waals surface area contributed by atoms with Crippen molar-refractivity contribution >= 4 is 5.97 Å². The maximum atomic E-state index is 12.0. The first-order valence-corrected chi connectivity index (χ1v) is 10.2. The molecule has 1 aromatic carbocycles. The molecule has 0 radical (unpaired) electrons. The minimum absolute atomic E-state index is 0.0261. The van der Waals surface area contributed by atoms with Gasteiger partial charge in [-0.1, -0.05) is 70.9 Å². The van der Waals surface area contributed by atoms with E-state index in [2.05, 4.69) is 13.8 Å². The van der Waals surface area contributed by atoms with Crippen LogP contribution in [0.2, 0.25) is 0 Å². The van der Waals surface area contributed by atoms with Crippen LogP contribution >= 0.6 is 0 Å². The molecular weight excluding hydrogens is 312 g/mol. The number of hydrogen-bond acceptors (Lipinski definition) is 3. The number of cyclic esters (lactones) is 1. The van der Waals surface area contributed by atoms with Gasteiger partial charge in [-0.15, -0.1) is 0 Å². The Kier molecular flexibility index (Phi) is 8.85. The third-order valence-corrected chi connectivity index (χ3v) is 5.01. The lowest BCUT2D eigenvalue weighted by Crippen LogP contribution is -2.06. The summed E-state index contributed by atoms with van der Waals surface area (Å²) in [5, 5.41) is 0. The number of carbonyl (C=O) groups is 1. The summed E-state index contributed by atoms with van der Waals surface area (Å²) >= 11 is 0. The van der Waals surface area contributed by atoms with Gasteiger partial charge in [-0.2, -0.15) is 0 Å². The van der Waals surface area contributed by atoms with Gasteiger partial charge in [-0.3, -0.25) is 4.79 Å². The second-order valence-electron chi connectivity index (χ2n) is 7.19. The highest BCUT2D eigenvalue weighted by Crippen LogP contribution is 2.36. The van der Waals surface area contributed by atoms with Gasteiger partial charge in [0.25, 0.3) is 0 Å². The minimum atomic E-state index is -0.0815. The summed E-state index contributed by atoms with van der Waals surface area (Å²) in [6.07, 6.45) is 11.5. The fourth-order valence-electron chi connectivity index (χ4n) is 3.38. The fraction of sp³-hybridized carbons (Fsp3) is 0.682. The molecule has 1 heterocycles. The van der Waals surface area contributed by atoms with Gasteiger partial charge in [0, 0.05) is 6.42 Å². The molecule has 3 heteroatoms. The van der Waals surface area contributed by atoms with Crippen molar-refractivity contribution in [2.24, 2.45) is 5.92 Å². The molecule has 0 aliphatic carbocycles. The second-order valence-corrected chi connectivity index (χ2v) is 7.19. The van der Waals surface area contributed by atoms with Crippen LogP contribution in [0.1, 0.15) is 89.7 Å². The standard InChI is InChI=1S/C22H34O3/c1-3-5-7-8-9-10-16-24-20-14-12-18(13-15-20)21-17-19(11-6-4-2)22(23)25-21/h12-15,19,21H,3-11,16-17H2,1-2H3. The molecule has 1 fully saturated rings. The van der Waals surface area contributed by atoms with Gasteiger partial charge in [0.1, 0.15) is 11.9 Å². The van der Waals surface area contributed by atoms with Crippen molar-refractivity contribution < 1.29 is 14.3 Å². The van der Waals surface area contributed by atoms with Crippen molar-refractivity contribution in [3.8, 4) is 5.75 Å². The molecule has 2 atom stereocenters. The third kappa shape index (κ3) is 6.72. The molecule has 140 valence electrons. The van der Waals surface area contributed by atoms with Crippen LogP contribution < -0.4 is 4.74 Å². The predicted octanol–water partition coefficient (Wildman–Crippen LogP) is 6.22. The van der Waals surface area contributed by atoms with Crippen molar-refractivity contribution in [1.82, 2.24) is 0 Å². The fourth-order valence-corrected chi connectivity index (χ4v) is 3.38. The lowest BCUT2D eigenvalue weighted by atomic mass is 9.96. The molecule has 0 spiro atoms. The number of rotatable bonds is 12. The van der Waals surface area contributed by atoms with Crippen LogP contribution in [0.3, 0.4) is 0 Å². The summed E-state index contributed by atoms with van der Waals surface area (Å²) < 4.78 is 11.4. The molecule has 1 aliphatic rings. The number of carbonyl (C=O) groups excluding carboxylic acids is 1. The third-order valence-electron chi connectivity index (χ3n) is 5.01. The monoisotopic (exact) mass is 346 g/mol. The second kappa shape index (κ2) is 11.2. The van der Waals surface area contributed by atoms with E-state index in [4.69, 9.17) is 9.47 Å². The van der Waals surface area contributed by atoms with Crippen LogP contribution in [-0.4, -0.2) is 12.6 Å². The highest BCUT2D eigenvalue weighted by Gasteiger charge is 2.34. The highest BCUT2D eigenvalue weighted by atomic mass is 16.6. The first-order valence-electron chi connectivity index (χ1n) is 10.2. The summed E-state index contributed by atoms with van der Waals surface area (Å²) in [4.78, 5) is 12.0. The molecule has 0 amide bonds. The predicted molar refractivity (Wildman–Crippen MR) is 102 cm³/mol. The smallest absolute Gasteiger partial charge is 0.309 e. The number of benzene rings is 1. The topological polar surface area (TPSA) is 35.5 Å². The number of ether oxygens (including phenoxy) is 2. The first kappa shape index (κ1) is 19.8. The van der Waals surface area contributed by atoms with Gasteiger partial charge < -0.3 is 9.47 Å². The lowest BCUT2D eigenvalue weighted by Gasteiger charge is -2.11. The van der Waals surface area contributed by atoms with Gasteiger partial charge in [-0.25, -0.2) is 0 Å². The van der Waals surface area contributed by atoms with Crippen LogP contribution in [-0.2, 0) is 9.53 Å². The van der Waals surface area contributed by atoms with E-state index in [9.17, 15) is 4.79 Å². The van der Waals surface area contributed by atoms with E-state index in [0.717, 1.165) is 50.0 Å². The van der Waals surface area contributed by atoms with Crippen molar-refractivity contribution in [2.75, 3.05) is 6.61 Å². The Balaban J connectivity index is 1.70. The maximum Gasteiger partial charge on any atom is 0.309 e. The van der Waals surface area contributed by atoms with Crippen LogP contribution in [0.4, 0.5) is 0 Å². The molecule has 3 nitrogen and oxygen atoms in total. The van der Waals surface area contributed by atoms with Crippen molar-refractivity contribution in [3.05, 3.63) is 29.8 Å². The molecular formula is C22H34O3. The highest BCUT2D eigenvalue weighted by molar-refractivity contribution is 5.74. The zero-order valence-electron chi connectivity index (χ0n) is 16.0. The maximum absolute atomic E-state index is 12.0.